The highest BCUT2D eigenvalue weighted by molar-refractivity contribution is 5.26. The molecule has 16 heavy (non-hydrogen) atoms. The lowest BCUT2D eigenvalue weighted by Crippen LogP contribution is -1.96. The molecule has 2 rings (SSSR count). The van der Waals surface area contributed by atoms with Gasteiger partial charge in [-0.05, 0) is 37.5 Å². The molecule has 0 heterocycles. The van der Waals surface area contributed by atoms with Crippen LogP contribution >= 0.6 is 0 Å². The summed E-state index contributed by atoms with van der Waals surface area (Å²) in [4.78, 5) is 0. The van der Waals surface area contributed by atoms with Crippen molar-refractivity contribution >= 4 is 0 Å². The molecule has 0 N–H and O–H groups in total. The lowest BCUT2D eigenvalue weighted by Gasteiger charge is -2.12. The van der Waals surface area contributed by atoms with Gasteiger partial charge >= 0.3 is 0 Å². The molecule has 2 heteroatoms. The third-order valence-electron chi connectivity index (χ3n) is 2.47. The van der Waals surface area contributed by atoms with E-state index in [-0.39, 0.29) is 5.83 Å². The van der Waals surface area contributed by atoms with Gasteiger partial charge in [0.05, 0.1) is 0 Å². The molecule has 0 aliphatic heterocycles. The van der Waals surface area contributed by atoms with Crippen LogP contribution in [-0.2, 0) is 4.74 Å². The fourth-order valence-electron chi connectivity index (χ4n) is 1.61. The van der Waals surface area contributed by atoms with Gasteiger partial charge in [-0.2, -0.15) is 0 Å². The molecule has 0 fully saturated rings. The van der Waals surface area contributed by atoms with Crippen LogP contribution in [0.1, 0.15) is 25.7 Å². The first kappa shape index (κ1) is 10.9. The molecule has 0 spiro atoms. The van der Waals surface area contributed by atoms with Crippen molar-refractivity contribution in [3.63, 3.8) is 0 Å². The summed E-state index contributed by atoms with van der Waals surface area (Å²) in [6, 6.07) is 0. The Morgan fingerprint density at radius 2 is 1.88 bits per heavy atom. The summed E-state index contributed by atoms with van der Waals surface area (Å²) in [7, 11) is 0. The number of rotatable bonds is 2. The minimum Gasteiger partial charge on any atom is -0.455 e. The Kier molecular flexibility index (Phi) is 3.76. The second kappa shape index (κ2) is 5.50. The molecule has 0 saturated carbocycles. The zero-order valence-corrected chi connectivity index (χ0v) is 9.16. The average Bonchev–Trinajstić information content (AvgIpc) is 2.24. The molecule has 84 valence electrons. The van der Waals surface area contributed by atoms with Crippen molar-refractivity contribution in [1.82, 2.24) is 0 Å². The van der Waals surface area contributed by atoms with Gasteiger partial charge in [-0.1, -0.05) is 24.3 Å². The molecule has 1 nitrogen and oxygen atoms in total. The van der Waals surface area contributed by atoms with E-state index in [1.54, 1.807) is 6.08 Å². The Morgan fingerprint density at radius 1 is 1.00 bits per heavy atom. The quantitative estimate of drug-likeness (QED) is 0.627. The lowest BCUT2D eigenvalue weighted by atomic mass is 10.1. The third-order valence-corrected chi connectivity index (χ3v) is 2.47. The predicted molar refractivity (Wildman–Crippen MR) is 63.2 cm³/mol. The van der Waals surface area contributed by atoms with E-state index in [9.17, 15) is 4.39 Å². The fraction of sp³-hybridized carbons (Fsp3) is 0.286. The van der Waals surface area contributed by atoms with E-state index >= 15 is 0 Å². The topological polar surface area (TPSA) is 9.23 Å². The van der Waals surface area contributed by atoms with Gasteiger partial charge in [0.15, 0.2) is 5.76 Å². The molecule has 0 aromatic carbocycles. The van der Waals surface area contributed by atoms with Crippen LogP contribution in [0.25, 0.3) is 0 Å². The van der Waals surface area contributed by atoms with Gasteiger partial charge in [-0.3, -0.25) is 0 Å². The van der Waals surface area contributed by atoms with Crippen LogP contribution < -0.4 is 0 Å². The van der Waals surface area contributed by atoms with Gasteiger partial charge < -0.3 is 4.74 Å². The van der Waals surface area contributed by atoms with Crippen LogP contribution in [0.15, 0.2) is 59.9 Å². The Hall–Kier alpha value is -1.57. The van der Waals surface area contributed by atoms with E-state index in [2.05, 4.69) is 12.2 Å². The summed E-state index contributed by atoms with van der Waals surface area (Å²) >= 11 is 0. The summed E-state index contributed by atoms with van der Waals surface area (Å²) in [5, 5.41) is 0. The highest BCUT2D eigenvalue weighted by Crippen LogP contribution is 2.23. The van der Waals surface area contributed by atoms with Crippen molar-refractivity contribution < 1.29 is 9.13 Å². The molecule has 2 aliphatic carbocycles. The minimum atomic E-state index is -0.158. The van der Waals surface area contributed by atoms with Crippen LogP contribution in [0.2, 0.25) is 0 Å². The van der Waals surface area contributed by atoms with E-state index < -0.39 is 0 Å². The maximum absolute atomic E-state index is 13.4. The average molecular weight is 218 g/mol. The van der Waals surface area contributed by atoms with Gasteiger partial charge in [0, 0.05) is 6.42 Å². The lowest BCUT2D eigenvalue weighted by molar-refractivity contribution is 0.309. The molecule has 0 saturated heterocycles. The highest BCUT2D eigenvalue weighted by Gasteiger charge is 2.10. The van der Waals surface area contributed by atoms with Crippen molar-refractivity contribution in [3.05, 3.63) is 59.9 Å². The van der Waals surface area contributed by atoms with Crippen molar-refractivity contribution in [1.29, 1.82) is 0 Å². The molecule has 0 aromatic heterocycles. The van der Waals surface area contributed by atoms with Crippen LogP contribution in [0.5, 0.6) is 0 Å². The minimum absolute atomic E-state index is 0.158. The van der Waals surface area contributed by atoms with Gasteiger partial charge in [-0.25, -0.2) is 4.39 Å². The summed E-state index contributed by atoms with van der Waals surface area (Å²) < 4.78 is 19.0. The van der Waals surface area contributed by atoms with E-state index in [0.29, 0.717) is 12.2 Å². The second-order valence-electron chi connectivity index (χ2n) is 3.76. The summed E-state index contributed by atoms with van der Waals surface area (Å²) in [5.74, 6) is 0.919. The molecule has 0 unspecified atom stereocenters. The second-order valence-corrected chi connectivity index (χ2v) is 3.76. The number of halogens is 1. The number of ether oxygens (including phenoxy) is 1. The van der Waals surface area contributed by atoms with Crippen LogP contribution in [0, 0.1) is 0 Å². The van der Waals surface area contributed by atoms with Crippen LogP contribution in [0.3, 0.4) is 0 Å². The largest absolute Gasteiger partial charge is 0.455 e. The summed E-state index contributed by atoms with van der Waals surface area (Å²) in [6.07, 6.45) is 16.6. The number of allylic oxidation sites excluding steroid dienone is 8. The first-order valence-electron chi connectivity index (χ1n) is 5.61. The monoisotopic (exact) mass is 218 g/mol. The van der Waals surface area contributed by atoms with Crippen LogP contribution in [-0.4, -0.2) is 0 Å². The van der Waals surface area contributed by atoms with E-state index in [4.69, 9.17) is 4.74 Å². The Balaban J connectivity index is 2.09. The molecule has 0 radical (unpaired) electrons. The first-order valence-corrected chi connectivity index (χ1v) is 5.61. The zero-order valence-electron chi connectivity index (χ0n) is 9.16. The van der Waals surface area contributed by atoms with E-state index in [0.717, 1.165) is 25.0 Å². The standard InChI is InChI=1S/C14H15FO/c15-13-10-6-7-11-14(13)16-12-8-4-2-1-3-5-9-12/h1-2,5,7-9,11H,3-4,6,10H2/b2-1-,9-5?,12-8+. The SMILES string of the molecule is FC1=C(O/C2=C/C/C=C\CC=C2)C=CCC1. The van der Waals surface area contributed by atoms with Gasteiger partial charge in [-0.15, -0.1) is 0 Å². The number of hydrogen-bond donors (Lipinski definition) is 0. The van der Waals surface area contributed by atoms with Crippen molar-refractivity contribution in [2.24, 2.45) is 0 Å². The Morgan fingerprint density at radius 3 is 2.75 bits per heavy atom. The van der Waals surface area contributed by atoms with Crippen molar-refractivity contribution in [2.45, 2.75) is 25.7 Å². The molecule has 2 aliphatic rings. The van der Waals surface area contributed by atoms with Gasteiger partial charge in [0.1, 0.15) is 11.6 Å². The Bertz CT molecular complexity index is 397. The first-order chi connectivity index (χ1) is 7.86. The third kappa shape index (κ3) is 2.96. The molecular formula is C14H15FO. The summed E-state index contributed by atoms with van der Waals surface area (Å²) in [6.45, 7) is 0. The molecule has 0 amide bonds. The van der Waals surface area contributed by atoms with E-state index in [1.165, 1.54) is 0 Å². The van der Waals surface area contributed by atoms with Gasteiger partial charge in [0.25, 0.3) is 0 Å². The summed E-state index contributed by atoms with van der Waals surface area (Å²) in [5.41, 5.74) is 0. The number of hydrogen-bond acceptors (Lipinski definition) is 1. The fourth-order valence-corrected chi connectivity index (χ4v) is 1.61. The van der Waals surface area contributed by atoms with E-state index in [1.807, 2.05) is 24.3 Å². The highest BCUT2D eigenvalue weighted by atomic mass is 19.1. The zero-order chi connectivity index (χ0) is 11.2. The maximum Gasteiger partial charge on any atom is 0.158 e. The smallest absolute Gasteiger partial charge is 0.158 e. The normalized spacial score (nSPS) is 25.7. The predicted octanol–water partition coefficient (Wildman–Crippen LogP) is 4.32. The molecular weight excluding hydrogens is 203 g/mol. The molecule has 0 bridgehead atoms. The molecule has 0 aromatic rings. The van der Waals surface area contributed by atoms with Crippen molar-refractivity contribution in [3.8, 4) is 0 Å². The maximum atomic E-state index is 13.4. The van der Waals surface area contributed by atoms with Gasteiger partial charge in [0.2, 0.25) is 0 Å². The molecule has 0 atom stereocenters. The Labute approximate surface area is 95.3 Å². The van der Waals surface area contributed by atoms with Crippen LogP contribution in [0.4, 0.5) is 4.39 Å². The van der Waals surface area contributed by atoms with Crippen molar-refractivity contribution in [2.75, 3.05) is 0 Å².